The molecule has 0 fully saturated rings. The summed E-state index contributed by atoms with van der Waals surface area (Å²) in [5, 5.41) is 3.61. The normalized spacial score (nSPS) is 11.0. The van der Waals surface area contributed by atoms with Gasteiger partial charge in [0, 0.05) is 10.6 Å². The van der Waals surface area contributed by atoms with Crippen molar-refractivity contribution in [2.24, 2.45) is 0 Å². The lowest BCUT2D eigenvalue weighted by atomic mass is 10.1. The van der Waals surface area contributed by atoms with Gasteiger partial charge in [-0.1, -0.05) is 13.0 Å². The Labute approximate surface area is 92.3 Å². The molecule has 1 heterocycles. The molecule has 1 aromatic carbocycles. The Morgan fingerprint density at radius 1 is 1.43 bits per heavy atom. The van der Waals surface area contributed by atoms with Gasteiger partial charge in [0.05, 0.1) is 4.70 Å². The molecule has 0 saturated heterocycles. The molecule has 0 aliphatic heterocycles. The molecular weight excluding hydrogens is 210 g/mol. The van der Waals surface area contributed by atoms with Crippen LogP contribution in [-0.4, -0.2) is 6.26 Å². The van der Waals surface area contributed by atoms with E-state index < -0.39 is 0 Å². The van der Waals surface area contributed by atoms with E-state index in [9.17, 15) is 0 Å². The van der Waals surface area contributed by atoms with Gasteiger partial charge in [0.25, 0.3) is 0 Å². The zero-order valence-electron chi connectivity index (χ0n) is 8.33. The van der Waals surface area contributed by atoms with E-state index in [0.29, 0.717) is 0 Å². The number of aryl methyl sites for hydroxylation is 1. The third-order valence-corrected chi connectivity index (χ3v) is 4.43. The summed E-state index contributed by atoms with van der Waals surface area (Å²) in [6.07, 6.45) is 3.17. The van der Waals surface area contributed by atoms with Gasteiger partial charge in [-0.05, 0) is 35.1 Å². The maximum absolute atomic E-state index is 5.93. The molecule has 0 unspecified atom stereocenters. The monoisotopic (exact) mass is 223 g/mol. The summed E-state index contributed by atoms with van der Waals surface area (Å²) in [6.45, 7) is 2.19. The van der Waals surface area contributed by atoms with Gasteiger partial charge < -0.3 is 5.73 Å². The van der Waals surface area contributed by atoms with Crippen molar-refractivity contribution in [2.75, 3.05) is 12.0 Å². The zero-order valence-corrected chi connectivity index (χ0v) is 9.97. The smallest absolute Gasteiger partial charge is 0.0502 e. The van der Waals surface area contributed by atoms with Crippen molar-refractivity contribution in [1.29, 1.82) is 0 Å². The van der Waals surface area contributed by atoms with Crippen molar-refractivity contribution >= 4 is 38.9 Å². The largest absolute Gasteiger partial charge is 0.398 e. The van der Waals surface area contributed by atoms with Crippen molar-refractivity contribution < 1.29 is 0 Å². The molecule has 14 heavy (non-hydrogen) atoms. The number of thiophene rings is 1. The average molecular weight is 223 g/mol. The first-order chi connectivity index (χ1) is 6.77. The van der Waals surface area contributed by atoms with Gasteiger partial charge in [-0.15, -0.1) is 23.1 Å². The first-order valence-electron chi connectivity index (χ1n) is 4.60. The van der Waals surface area contributed by atoms with Crippen LogP contribution in [0.4, 0.5) is 5.69 Å². The molecule has 0 aliphatic rings. The maximum atomic E-state index is 5.93. The molecule has 0 aliphatic carbocycles. The van der Waals surface area contributed by atoms with Crippen molar-refractivity contribution in [2.45, 2.75) is 18.2 Å². The number of anilines is 1. The van der Waals surface area contributed by atoms with Gasteiger partial charge in [-0.3, -0.25) is 0 Å². The highest BCUT2D eigenvalue weighted by Gasteiger charge is 2.08. The highest BCUT2D eigenvalue weighted by molar-refractivity contribution is 7.99. The fourth-order valence-corrected chi connectivity index (χ4v) is 3.72. The number of benzene rings is 1. The lowest BCUT2D eigenvalue weighted by Gasteiger charge is -2.03. The molecule has 2 N–H and O–H groups in total. The minimum absolute atomic E-state index is 0.898. The molecule has 0 amide bonds. The number of nitrogen functional groups attached to an aromatic ring is 1. The van der Waals surface area contributed by atoms with Gasteiger partial charge in [0.1, 0.15) is 0 Å². The lowest BCUT2D eigenvalue weighted by Crippen LogP contribution is -1.87. The number of hydrogen-bond donors (Lipinski definition) is 1. The second-order valence-electron chi connectivity index (χ2n) is 3.18. The van der Waals surface area contributed by atoms with Crippen LogP contribution in [0.15, 0.2) is 22.4 Å². The van der Waals surface area contributed by atoms with Crippen LogP contribution in [0.2, 0.25) is 0 Å². The van der Waals surface area contributed by atoms with Crippen LogP contribution in [0.1, 0.15) is 12.5 Å². The van der Waals surface area contributed by atoms with Crippen LogP contribution < -0.4 is 5.73 Å². The van der Waals surface area contributed by atoms with Crippen LogP contribution >= 0.6 is 23.1 Å². The van der Waals surface area contributed by atoms with Gasteiger partial charge >= 0.3 is 0 Å². The molecule has 0 saturated carbocycles. The third-order valence-electron chi connectivity index (χ3n) is 2.39. The molecule has 0 spiro atoms. The van der Waals surface area contributed by atoms with E-state index in [1.165, 1.54) is 20.5 Å². The molecule has 2 aromatic rings. The minimum atomic E-state index is 0.898. The lowest BCUT2D eigenvalue weighted by molar-refractivity contribution is 1.17. The fourth-order valence-electron chi connectivity index (χ4n) is 1.63. The SMILES string of the molecule is CCc1csc2c(SC)c(N)ccc12. The second-order valence-corrected chi connectivity index (χ2v) is 4.88. The number of fused-ring (bicyclic) bond motifs is 1. The van der Waals surface area contributed by atoms with Crippen molar-refractivity contribution in [3.63, 3.8) is 0 Å². The van der Waals surface area contributed by atoms with E-state index in [1.54, 1.807) is 23.1 Å². The van der Waals surface area contributed by atoms with E-state index in [-0.39, 0.29) is 0 Å². The van der Waals surface area contributed by atoms with Gasteiger partial charge in [0.15, 0.2) is 0 Å². The Balaban J connectivity index is 2.76. The summed E-state index contributed by atoms with van der Waals surface area (Å²) in [5.41, 5.74) is 8.26. The molecule has 1 aromatic heterocycles. The molecule has 0 radical (unpaired) electrons. The quantitative estimate of drug-likeness (QED) is 0.619. The summed E-state index contributed by atoms with van der Waals surface area (Å²) >= 11 is 3.54. The van der Waals surface area contributed by atoms with Gasteiger partial charge in [0.2, 0.25) is 0 Å². The first-order valence-corrected chi connectivity index (χ1v) is 6.71. The van der Waals surface area contributed by atoms with Crippen LogP contribution in [0.3, 0.4) is 0 Å². The van der Waals surface area contributed by atoms with Crippen LogP contribution in [0.5, 0.6) is 0 Å². The fraction of sp³-hybridized carbons (Fsp3) is 0.273. The van der Waals surface area contributed by atoms with Crippen molar-refractivity contribution in [1.82, 2.24) is 0 Å². The Kier molecular flexibility index (Phi) is 2.70. The van der Waals surface area contributed by atoms with Crippen LogP contribution in [0.25, 0.3) is 10.1 Å². The maximum Gasteiger partial charge on any atom is 0.0502 e. The Morgan fingerprint density at radius 2 is 2.21 bits per heavy atom. The summed E-state index contributed by atoms with van der Waals surface area (Å²) in [4.78, 5) is 1.23. The van der Waals surface area contributed by atoms with Crippen molar-refractivity contribution in [3.05, 3.63) is 23.1 Å². The molecule has 0 bridgehead atoms. The van der Waals surface area contributed by atoms with Crippen LogP contribution in [0, 0.1) is 0 Å². The molecule has 2 rings (SSSR count). The Morgan fingerprint density at radius 3 is 2.86 bits per heavy atom. The summed E-state index contributed by atoms with van der Waals surface area (Å²) in [6, 6.07) is 4.15. The Bertz CT molecular complexity index is 460. The number of nitrogens with two attached hydrogens (primary N) is 1. The predicted molar refractivity (Wildman–Crippen MR) is 67.4 cm³/mol. The summed E-state index contributed by atoms with van der Waals surface area (Å²) < 4.78 is 1.34. The van der Waals surface area contributed by atoms with E-state index in [1.807, 2.05) is 6.07 Å². The minimum Gasteiger partial charge on any atom is -0.398 e. The van der Waals surface area contributed by atoms with Gasteiger partial charge in [-0.25, -0.2) is 0 Å². The van der Waals surface area contributed by atoms with Crippen molar-refractivity contribution in [3.8, 4) is 0 Å². The molecule has 3 heteroatoms. The molecule has 74 valence electrons. The average Bonchev–Trinajstić information content (AvgIpc) is 2.60. The number of rotatable bonds is 2. The Hall–Kier alpha value is -0.670. The van der Waals surface area contributed by atoms with E-state index >= 15 is 0 Å². The zero-order chi connectivity index (χ0) is 10.1. The standard InChI is InChI=1S/C11H13NS2/c1-3-7-6-14-10-8(7)4-5-9(12)11(10)13-2/h4-6H,3,12H2,1-2H3. The number of hydrogen-bond acceptors (Lipinski definition) is 3. The summed E-state index contributed by atoms with van der Waals surface area (Å²) in [7, 11) is 0. The highest BCUT2D eigenvalue weighted by atomic mass is 32.2. The second kappa shape index (κ2) is 3.83. The summed E-state index contributed by atoms with van der Waals surface area (Å²) in [5.74, 6) is 0. The third kappa shape index (κ3) is 1.41. The molecular formula is C11H13NS2. The molecule has 1 nitrogen and oxygen atoms in total. The number of thioether (sulfide) groups is 1. The highest BCUT2D eigenvalue weighted by Crippen LogP contribution is 2.37. The first kappa shape index (κ1) is 9.87. The topological polar surface area (TPSA) is 26.0 Å². The van der Waals surface area contributed by atoms with E-state index in [4.69, 9.17) is 5.73 Å². The molecule has 0 atom stereocenters. The van der Waals surface area contributed by atoms with Crippen LogP contribution in [-0.2, 0) is 6.42 Å². The van der Waals surface area contributed by atoms with E-state index in [2.05, 4.69) is 24.6 Å². The van der Waals surface area contributed by atoms with Gasteiger partial charge in [-0.2, -0.15) is 0 Å². The van der Waals surface area contributed by atoms with E-state index in [0.717, 1.165) is 12.1 Å². The predicted octanol–water partition coefficient (Wildman–Crippen LogP) is 3.77.